The van der Waals surface area contributed by atoms with Crippen LogP contribution >= 0.6 is 0 Å². The highest BCUT2D eigenvalue weighted by Gasteiger charge is 2.21. The van der Waals surface area contributed by atoms with E-state index in [1.165, 1.54) is 0 Å². The van der Waals surface area contributed by atoms with E-state index in [2.05, 4.69) is 5.32 Å². The average Bonchev–Trinajstić information content (AvgIpc) is 2.20. The second-order valence-corrected chi connectivity index (χ2v) is 3.16. The molecule has 2 N–H and O–H groups in total. The van der Waals surface area contributed by atoms with Crippen LogP contribution in [-0.4, -0.2) is 24.2 Å². The van der Waals surface area contributed by atoms with Crippen molar-refractivity contribution < 1.29 is 14.6 Å². The van der Waals surface area contributed by atoms with E-state index in [0.717, 1.165) is 0 Å². The maximum atomic E-state index is 10.8. The van der Waals surface area contributed by atoms with Gasteiger partial charge in [0.15, 0.2) is 0 Å². The van der Waals surface area contributed by atoms with Crippen LogP contribution < -0.4 is 5.32 Å². The fourth-order valence-electron chi connectivity index (χ4n) is 1.45. The number of aromatic hydroxyl groups is 1. The Hall–Kier alpha value is -1.55. The molecule has 2 rings (SSSR count). The third-order valence-electron chi connectivity index (χ3n) is 2.18. The molecule has 0 saturated carbocycles. The predicted molar refractivity (Wildman–Crippen MR) is 49.8 cm³/mol. The molecule has 1 amide bonds. The van der Waals surface area contributed by atoms with Crippen LogP contribution in [0.1, 0.15) is 11.7 Å². The van der Waals surface area contributed by atoms with Gasteiger partial charge in [0.25, 0.3) is 0 Å². The number of carbonyl (C=O) groups is 1. The molecule has 1 aliphatic rings. The van der Waals surface area contributed by atoms with Gasteiger partial charge < -0.3 is 15.2 Å². The third-order valence-corrected chi connectivity index (χ3v) is 2.18. The molecule has 0 spiro atoms. The normalized spacial score (nSPS) is 21.7. The molecule has 1 unspecified atom stereocenters. The predicted octanol–water partition coefficient (Wildman–Crippen LogP) is 0.580. The summed E-state index contributed by atoms with van der Waals surface area (Å²) in [4.78, 5) is 10.8. The van der Waals surface area contributed by atoms with Crippen molar-refractivity contribution in [1.29, 1.82) is 0 Å². The first kappa shape index (κ1) is 9.02. The van der Waals surface area contributed by atoms with Crippen LogP contribution in [0.5, 0.6) is 5.75 Å². The smallest absolute Gasteiger partial charge is 0.246 e. The number of rotatable bonds is 1. The number of para-hydroxylation sites is 1. The summed E-state index contributed by atoms with van der Waals surface area (Å²) in [5.74, 6) is 0.0883. The Labute approximate surface area is 81.5 Å². The minimum absolute atomic E-state index is 0.0546. The van der Waals surface area contributed by atoms with E-state index < -0.39 is 0 Å². The van der Waals surface area contributed by atoms with Gasteiger partial charge in [-0.3, -0.25) is 4.79 Å². The Morgan fingerprint density at radius 2 is 2.21 bits per heavy atom. The lowest BCUT2D eigenvalue weighted by molar-refractivity contribution is -0.133. The fraction of sp³-hybridized carbons (Fsp3) is 0.300. The quantitative estimate of drug-likeness (QED) is 0.685. The molecule has 74 valence electrons. The first-order valence-corrected chi connectivity index (χ1v) is 4.43. The molecule has 0 aliphatic carbocycles. The molecular formula is C10H11NO3. The first-order valence-electron chi connectivity index (χ1n) is 4.43. The van der Waals surface area contributed by atoms with Gasteiger partial charge in [0.05, 0.1) is 0 Å². The van der Waals surface area contributed by atoms with Crippen molar-refractivity contribution in [2.75, 3.05) is 13.2 Å². The second kappa shape index (κ2) is 3.67. The Kier molecular flexibility index (Phi) is 2.37. The van der Waals surface area contributed by atoms with E-state index in [0.29, 0.717) is 12.1 Å². The molecule has 1 heterocycles. The van der Waals surface area contributed by atoms with Gasteiger partial charge in [0.1, 0.15) is 18.5 Å². The SMILES string of the molecule is O=C1COC(c2ccccc2O)CN1. The van der Waals surface area contributed by atoms with E-state index >= 15 is 0 Å². The number of ether oxygens (including phenoxy) is 1. The summed E-state index contributed by atoms with van der Waals surface area (Å²) >= 11 is 0. The topological polar surface area (TPSA) is 58.6 Å². The van der Waals surface area contributed by atoms with E-state index in [1.54, 1.807) is 18.2 Å². The van der Waals surface area contributed by atoms with Crippen molar-refractivity contribution in [3.8, 4) is 5.75 Å². The van der Waals surface area contributed by atoms with Crippen molar-refractivity contribution in [3.63, 3.8) is 0 Å². The summed E-state index contributed by atoms with van der Waals surface area (Å²) < 4.78 is 5.29. The number of carbonyl (C=O) groups excluding carboxylic acids is 1. The van der Waals surface area contributed by atoms with Gasteiger partial charge in [-0.15, -0.1) is 0 Å². The molecule has 14 heavy (non-hydrogen) atoms. The van der Waals surface area contributed by atoms with Crippen LogP contribution in [0.15, 0.2) is 24.3 Å². The molecule has 0 bridgehead atoms. The summed E-state index contributed by atoms with van der Waals surface area (Å²) in [7, 11) is 0. The zero-order valence-corrected chi connectivity index (χ0v) is 7.56. The maximum Gasteiger partial charge on any atom is 0.246 e. The van der Waals surface area contributed by atoms with Crippen LogP contribution in [0.25, 0.3) is 0 Å². The maximum absolute atomic E-state index is 10.8. The highest BCUT2D eigenvalue weighted by Crippen LogP contribution is 2.26. The molecule has 1 aromatic carbocycles. The molecule has 4 heteroatoms. The number of phenols is 1. The van der Waals surface area contributed by atoms with Gasteiger partial charge in [-0.1, -0.05) is 18.2 Å². The van der Waals surface area contributed by atoms with Gasteiger partial charge in [-0.25, -0.2) is 0 Å². The average molecular weight is 193 g/mol. The molecule has 4 nitrogen and oxygen atoms in total. The summed E-state index contributed by atoms with van der Waals surface area (Å²) in [5, 5.41) is 12.2. The van der Waals surface area contributed by atoms with E-state index in [4.69, 9.17) is 4.74 Å². The van der Waals surface area contributed by atoms with E-state index in [1.807, 2.05) is 6.07 Å². The first-order chi connectivity index (χ1) is 6.77. The zero-order valence-electron chi connectivity index (χ0n) is 7.56. The van der Waals surface area contributed by atoms with Gasteiger partial charge in [-0.2, -0.15) is 0 Å². The summed E-state index contributed by atoms with van der Waals surface area (Å²) in [6.07, 6.45) is -0.242. The Morgan fingerprint density at radius 1 is 1.43 bits per heavy atom. The van der Waals surface area contributed by atoms with Crippen LogP contribution in [0.3, 0.4) is 0 Å². The lowest BCUT2D eigenvalue weighted by Crippen LogP contribution is -2.38. The Morgan fingerprint density at radius 3 is 2.86 bits per heavy atom. The van der Waals surface area contributed by atoms with Gasteiger partial charge in [0, 0.05) is 12.1 Å². The number of amides is 1. The van der Waals surface area contributed by atoms with Crippen LogP contribution in [0.2, 0.25) is 0 Å². The van der Waals surface area contributed by atoms with Crippen LogP contribution in [0.4, 0.5) is 0 Å². The molecule has 1 saturated heterocycles. The molecule has 1 atom stereocenters. The third kappa shape index (κ3) is 1.70. The summed E-state index contributed by atoms with van der Waals surface area (Å²) in [6.45, 7) is 0.468. The van der Waals surface area contributed by atoms with Crippen molar-refractivity contribution in [2.45, 2.75) is 6.10 Å². The zero-order chi connectivity index (χ0) is 9.97. The van der Waals surface area contributed by atoms with Crippen molar-refractivity contribution in [3.05, 3.63) is 29.8 Å². The highest BCUT2D eigenvalue weighted by atomic mass is 16.5. The number of phenolic OH excluding ortho intramolecular Hbond substituents is 1. The minimum Gasteiger partial charge on any atom is -0.508 e. The molecule has 0 radical (unpaired) electrons. The minimum atomic E-state index is -0.242. The molecule has 1 aromatic rings. The standard InChI is InChI=1S/C10H11NO3/c12-8-4-2-1-3-7(8)9-5-11-10(13)6-14-9/h1-4,9,12H,5-6H2,(H,11,13). The van der Waals surface area contributed by atoms with E-state index in [9.17, 15) is 9.90 Å². The number of benzene rings is 1. The second-order valence-electron chi connectivity index (χ2n) is 3.16. The number of hydrogen-bond acceptors (Lipinski definition) is 3. The number of hydrogen-bond donors (Lipinski definition) is 2. The molecule has 0 aromatic heterocycles. The Balaban J connectivity index is 2.16. The monoisotopic (exact) mass is 193 g/mol. The van der Waals surface area contributed by atoms with Crippen LogP contribution in [-0.2, 0) is 9.53 Å². The lowest BCUT2D eigenvalue weighted by Gasteiger charge is -2.23. The van der Waals surface area contributed by atoms with E-state index in [-0.39, 0.29) is 24.4 Å². The van der Waals surface area contributed by atoms with Gasteiger partial charge >= 0.3 is 0 Å². The van der Waals surface area contributed by atoms with Crippen LogP contribution in [0, 0.1) is 0 Å². The number of morpholine rings is 1. The highest BCUT2D eigenvalue weighted by molar-refractivity contribution is 5.77. The van der Waals surface area contributed by atoms with Crippen molar-refractivity contribution in [2.24, 2.45) is 0 Å². The Bertz CT molecular complexity index is 341. The van der Waals surface area contributed by atoms with Crippen molar-refractivity contribution >= 4 is 5.91 Å². The van der Waals surface area contributed by atoms with Gasteiger partial charge in [-0.05, 0) is 6.07 Å². The molecule has 1 aliphatic heterocycles. The summed E-state index contributed by atoms with van der Waals surface area (Å²) in [6, 6.07) is 6.97. The summed E-state index contributed by atoms with van der Waals surface area (Å²) in [5.41, 5.74) is 0.715. The largest absolute Gasteiger partial charge is 0.508 e. The lowest BCUT2D eigenvalue weighted by atomic mass is 10.1. The molecule has 1 fully saturated rings. The molecular weight excluding hydrogens is 182 g/mol. The van der Waals surface area contributed by atoms with Crippen molar-refractivity contribution in [1.82, 2.24) is 5.32 Å². The number of nitrogens with one attached hydrogen (secondary N) is 1. The fourth-order valence-corrected chi connectivity index (χ4v) is 1.45. The van der Waals surface area contributed by atoms with Gasteiger partial charge in [0.2, 0.25) is 5.91 Å².